The monoisotopic (exact) mass is 683 g/mol. The second-order valence-corrected chi connectivity index (χ2v) is 12.1. The van der Waals surface area contributed by atoms with Crippen molar-refractivity contribution in [2.45, 2.75) is 51.6 Å². The normalized spacial score (nSPS) is 11.4. The molecule has 47 heavy (non-hydrogen) atoms. The molecule has 0 aliphatic rings. The van der Waals surface area contributed by atoms with Crippen LogP contribution in [-0.2, 0) is 20.8 Å². The molecule has 0 aliphatic heterocycles. The van der Waals surface area contributed by atoms with Crippen molar-refractivity contribution < 1.29 is 37.8 Å². The summed E-state index contributed by atoms with van der Waals surface area (Å²) in [4.78, 5) is 51.7. The van der Waals surface area contributed by atoms with E-state index >= 15 is 0 Å². The minimum Gasteiger partial charge on any atom is -0.494 e. The fourth-order valence-corrected chi connectivity index (χ4v) is 6.34. The Morgan fingerprint density at radius 1 is 0.979 bits per heavy atom. The number of esters is 2. The number of thioether (sulfide) groups is 1. The molecule has 2 amide bonds. The smallest absolute Gasteiger partial charge is 0.348 e. The standard InChI is InChI=1S/C32H34FN5O7S2/c1-6-43-23-14-12-22(13-15-23)38-24(17-34-28(40)20-10-9-11-21(33)16-20)36-37-32(38)46-19(5)27(39)35-29-25(30(41)44-7-2)18(4)26(47-29)31(42)45-8-3/h9-16,19H,6-8,17H2,1-5H3,(H,34,40)(H,35,39)/t19-/m1/s1. The Kier molecular flexibility index (Phi) is 12.1. The molecule has 4 rings (SSSR count). The van der Waals surface area contributed by atoms with Gasteiger partial charge in [-0.05, 0) is 82.6 Å². The van der Waals surface area contributed by atoms with Gasteiger partial charge in [-0.1, -0.05) is 17.8 Å². The molecule has 2 heterocycles. The summed E-state index contributed by atoms with van der Waals surface area (Å²) < 4.78 is 31.2. The first-order valence-corrected chi connectivity index (χ1v) is 16.4. The molecule has 2 aromatic heterocycles. The van der Waals surface area contributed by atoms with E-state index in [1.54, 1.807) is 56.5 Å². The lowest BCUT2D eigenvalue weighted by Crippen LogP contribution is -2.25. The van der Waals surface area contributed by atoms with Crippen LogP contribution in [0.1, 0.15) is 69.5 Å². The molecule has 2 aromatic carbocycles. The van der Waals surface area contributed by atoms with E-state index in [0.717, 1.165) is 29.2 Å². The van der Waals surface area contributed by atoms with Gasteiger partial charge in [-0.15, -0.1) is 21.5 Å². The number of halogens is 1. The van der Waals surface area contributed by atoms with Crippen LogP contribution in [-0.4, -0.2) is 63.6 Å². The van der Waals surface area contributed by atoms with Crippen molar-refractivity contribution in [3.63, 3.8) is 0 Å². The second kappa shape index (κ2) is 16.2. The maximum absolute atomic E-state index is 13.7. The number of ether oxygens (including phenoxy) is 3. The SMILES string of the molecule is CCOC(=O)c1sc(NC(=O)[C@@H](C)Sc2nnc(CNC(=O)c3cccc(F)c3)n2-c2ccc(OCC)cc2)c(C(=O)OCC)c1C. The van der Waals surface area contributed by atoms with Crippen molar-refractivity contribution in [3.05, 3.63) is 81.7 Å². The first-order valence-electron chi connectivity index (χ1n) is 14.7. The van der Waals surface area contributed by atoms with E-state index in [4.69, 9.17) is 14.2 Å². The molecular formula is C32H34FN5O7S2. The van der Waals surface area contributed by atoms with Gasteiger partial charge in [-0.2, -0.15) is 0 Å². The largest absolute Gasteiger partial charge is 0.494 e. The Morgan fingerprint density at radius 3 is 2.34 bits per heavy atom. The van der Waals surface area contributed by atoms with Crippen molar-refractivity contribution in [2.24, 2.45) is 0 Å². The van der Waals surface area contributed by atoms with E-state index < -0.39 is 34.8 Å². The van der Waals surface area contributed by atoms with E-state index in [1.807, 2.05) is 6.92 Å². The van der Waals surface area contributed by atoms with Crippen LogP contribution in [0.2, 0.25) is 0 Å². The number of rotatable bonds is 14. The van der Waals surface area contributed by atoms with Gasteiger partial charge in [-0.25, -0.2) is 14.0 Å². The third kappa shape index (κ3) is 8.54. The van der Waals surface area contributed by atoms with Crippen LogP contribution in [0.15, 0.2) is 53.7 Å². The Labute approximate surface area is 279 Å². The van der Waals surface area contributed by atoms with Crippen LogP contribution in [0.4, 0.5) is 9.39 Å². The van der Waals surface area contributed by atoms with E-state index in [9.17, 15) is 23.6 Å². The average molecular weight is 684 g/mol. The average Bonchev–Trinajstić information content (AvgIpc) is 3.60. The van der Waals surface area contributed by atoms with Gasteiger partial charge in [0.2, 0.25) is 5.91 Å². The van der Waals surface area contributed by atoms with Crippen molar-refractivity contribution in [2.75, 3.05) is 25.1 Å². The Morgan fingerprint density at radius 2 is 1.68 bits per heavy atom. The molecule has 0 aliphatic carbocycles. The van der Waals surface area contributed by atoms with E-state index in [0.29, 0.717) is 34.6 Å². The molecule has 1 atom stereocenters. The lowest BCUT2D eigenvalue weighted by Gasteiger charge is -2.15. The maximum atomic E-state index is 13.7. The van der Waals surface area contributed by atoms with Gasteiger partial charge >= 0.3 is 11.9 Å². The molecule has 4 aromatic rings. The minimum absolute atomic E-state index is 0.0509. The zero-order valence-electron chi connectivity index (χ0n) is 26.4. The highest BCUT2D eigenvalue weighted by molar-refractivity contribution is 8.00. The molecule has 0 spiro atoms. The Bertz CT molecular complexity index is 1760. The number of carbonyl (C=O) groups is 4. The highest BCUT2D eigenvalue weighted by Gasteiger charge is 2.29. The fourth-order valence-electron chi connectivity index (χ4n) is 4.37. The molecule has 15 heteroatoms. The summed E-state index contributed by atoms with van der Waals surface area (Å²) in [6.45, 7) is 9.13. The van der Waals surface area contributed by atoms with Crippen molar-refractivity contribution in [1.82, 2.24) is 20.1 Å². The molecule has 0 saturated heterocycles. The van der Waals surface area contributed by atoms with Gasteiger partial charge in [0.1, 0.15) is 21.4 Å². The van der Waals surface area contributed by atoms with Crippen molar-refractivity contribution >= 4 is 51.9 Å². The summed E-state index contributed by atoms with van der Waals surface area (Å²) >= 11 is 2.02. The Balaban J connectivity index is 1.60. The third-order valence-electron chi connectivity index (χ3n) is 6.58. The van der Waals surface area contributed by atoms with Crippen molar-refractivity contribution in [3.8, 4) is 11.4 Å². The van der Waals surface area contributed by atoms with Crippen LogP contribution in [0.3, 0.4) is 0 Å². The minimum atomic E-state index is -0.765. The summed E-state index contributed by atoms with van der Waals surface area (Å²) in [5, 5.41) is 13.8. The predicted molar refractivity (Wildman–Crippen MR) is 175 cm³/mol. The number of hydrogen-bond acceptors (Lipinski definition) is 11. The predicted octanol–water partition coefficient (Wildman–Crippen LogP) is 5.58. The topological polar surface area (TPSA) is 151 Å². The zero-order chi connectivity index (χ0) is 34.1. The first kappa shape index (κ1) is 35.1. The zero-order valence-corrected chi connectivity index (χ0v) is 28.1. The van der Waals surface area contributed by atoms with Gasteiger partial charge in [-0.3, -0.25) is 14.2 Å². The summed E-state index contributed by atoms with van der Waals surface area (Å²) in [5.74, 6) is -1.79. The van der Waals surface area contributed by atoms with Crippen LogP contribution in [0.25, 0.3) is 5.69 Å². The number of thiophene rings is 1. The fraction of sp³-hybridized carbons (Fsp3) is 0.312. The Hall–Kier alpha value is -4.76. The van der Waals surface area contributed by atoms with Gasteiger partial charge in [0.25, 0.3) is 5.91 Å². The molecular weight excluding hydrogens is 650 g/mol. The van der Waals surface area contributed by atoms with E-state index in [1.165, 1.54) is 18.2 Å². The number of carbonyl (C=O) groups excluding carboxylic acids is 4. The quantitative estimate of drug-likeness (QED) is 0.127. The molecule has 0 unspecified atom stereocenters. The number of anilines is 1. The van der Waals surface area contributed by atoms with Crippen LogP contribution in [0.5, 0.6) is 5.75 Å². The number of benzene rings is 2. The molecule has 2 N–H and O–H groups in total. The number of hydrogen-bond donors (Lipinski definition) is 2. The lowest BCUT2D eigenvalue weighted by atomic mass is 10.1. The van der Waals surface area contributed by atoms with Crippen LogP contribution < -0.4 is 15.4 Å². The molecule has 0 fully saturated rings. The number of nitrogens with zero attached hydrogens (tertiary/aromatic N) is 3. The second-order valence-electron chi connectivity index (χ2n) is 9.80. The summed E-state index contributed by atoms with van der Waals surface area (Å²) in [6.07, 6.45) is 0. The number of aromatic nitrogens is 3. The summed E-state index contributed by atoms with van der Waals surface area (Å²) in [7, 11) is 0. The molecule has 0 bridgehead atoms. The molecule has 12 nitrogen and oxygen atoms in total. The van der Waals surface area contributed by atoms with E-state index in [-0.39, 0.29) is 40.8 Å². The lowest BCUT2D eigenvalue weighted by molar-refractivity contribution is -0.115. The van der Waals surface area contributed by atoms with Gasteiger partial charge in [0.15, 0.2) is 11.0 Å². The summed E-state index contributed by atoms with van der Waals surface area (Å²) in [5.41, 5.74) is 1.22. The highest BCUT2D eigenvalue weighted by Crippen LogP contribution is 2.35. The molecule has 248 valence electrons. The highest BCUT2D eigenvalue weighted by atomic mass is 32.2. The maximum Gasteiger partial charge on any atom is 0.348 e. The third-order valence-corrected chi connectivity index (χ3v) is 8.81. The first-order chi connectivity index (χ1) is 22.6. The van der Waals surface area contributed by atoms with Gasteiger partial charge in [0.05, 0.1) is 37.2 Å². The number of nitrogens with one attached hydrogen (secondary N) is 2. The van der Waals surface area contributed by atoms with Crippen LogP contribution in [0, 0.1) is 12.7 Å². The van der Waals surface area contributed by atoms with Crippen LogP contribution >= 0.6 is 23.1 Å². The molecule has 0 saturated carbocycles. The van der Waals surface area contributed by atoms with Gasteiger partial charge < -0.3 is 24.8 Å². The summed E-state index contributed by atoms with van der Waals surface area (Å²) in [6, 6.07) is 12.4. The molecule has 0 radical (unpaired) electrons. The van der Waals surface area contributed by atoms with Crippen molar-refractivity contribution in [1.29, 1.82) is 0 Å². The van der Waals surface area contributed by atoms with Gasteiger partial charge in [0, 0.05) is 11.3 Å². The number of amides is 2. The van der Waals surface area contributed by atoms with E-state index in [2.05, 4.69) is 20.8 Å².